The number of carbonyl (C=O) groups is 2. The number of phenols is 1. The largest absolute Gasteiger partial charge is 0.507 e. The zero-order valence-electron chi connectivity index (χ0n) is 13.7. The van der Waals surface area contributed by atoms with Crippen molar-refractivity contribution in [3.05, 3.63) is 34.2 Å². The average Bonchev–Trinajstić information content (AvgIpc) is 2.51. The summed E-state index contributed by atoms with van der Waals surface area (Å²) in [5, 5.41) is 18.9. The number of carbonyl (C=O) groups excluding carboxylic acids is 1. The lowest BCUT2D eigenvalue weighted by atomic mass is 10.0. The molecule has 1 atom stereocenters. The number of fused-ring (bicyclic) bond motifs is 1. The van der Waals surface area contributed by atoms with Gasteiger partial charge in [-0.25, -0.2) is 14.4 Å². The number of carboxylic acids is 1. The Bertz CT molecular complexity index is 922. The molecule has 0 amide bonds. The summed E-state index contributed by atoms with van der Waals surface area (Å²) in [4.78, 5) is 33.7. The molecule has 0 unspecified atom stereocenters. The lowest BCUT2D eigenvalue weighted by molar-refractivity contribution is -0.207. The van der Waals surface area contributed by atoms with Gasteiger partial charge >= 0.3 is 23.7 Å². The van der Waals surface area contributed by atoms with Crippen molar-refractivity contribution in [2.75, 3.05) is 7.11 Å². The normalized spacial score (nSPS) is 12.1. The molecule has 9 nitrogen and oxygen atoms in total. The molecule has 2 aromatic rings. The van der Waals surface area contributed by atoms with Gasteiger partial charge < -0.3 is 30.3 Å². The summed E-state index contributed by atoms with van der Waals surface area (Å²) >= 11 is 0. The Hall–Kier alpha value is -3.28. The molecular formula is C15H14F3NO8. The molecule has 5 N–H and O–H groups in total. The highest BCUT2D eigenvalue weighted by atomic mass is 19.4. The molecule has 0 aliphatic heterocycles. The van der Waals surface area contributed by atoms with Crippen molar-refractivity contribution in [1.82, 2.24) is 6.15 Å². The van der Waals surface area contributed by atoms with E-state index >= 15 is 0 Å². The van der Waals surface area contributed by atoms with Gasteiger partial charge in [-0.3, -0.25) is 0 Å². The van der Waals surface area contributed by atoms with Crippen LogP contribution in [-0.4, -0.2) is 41.5 Å². The summed E-state index contributed by atoms with van der Waals surface area (Å²) in [6, 6.07) is 3.13. The summed E-state index contributed by atoms with van der Waals surface area (Å²) in [5.74, 6) is -4.90. The lowest BCUT2D eigenvalue weighted by Crippen LogP contribution is -2.35. The molecule has 0 saturated heterocycles. The van der Waals surface area contributed by atoms with Gasteiger partial charge in [-0.05, 0) is 5.56 Å². The molecule has 0 saturated carbocycles. The molecule has 1 heterocycles. The second kappa shape index (κ2) is 7.95. The number of ether oxygens (including phenoxy) is 2. The molecule has 27 heavy (non-hydrogen) atoms. The number of esters is 1. The molecule has 12 heteroatoms. The fourth-order valence-corrected chi connectivity index (χ4v) is 2.19. The number of halogens is 3. The average molecular weight is 393 g/mol. The lowest BCUT2D eigenvalue weighted by Gasteiger charge is -2.16. The van der Waals surface area contributed by atoms with Gasteiger partial charge in [0.2, 0.25) is 6.10 Å². The minimum Gasteiger partial charge on any atom is -0.507 e. The van der Waals surface area contributed by atoms with Gasteiger partial charge in [0.1, 0.15) is 17.1 Å². The van der Waals surface area contributed by atoms with Crippen LogP contribution in [0.5, 0.6) is 11.5 Å². The van der Waals surface area contributed by atoms with Gasteiger partial charge in [-0.1, -0.05) is 0 Å². The van der Waals surface area contributed by atoms with Crippen LogP contribution in [0, 0.1) is 0 Å². The highest BCUT2D eigenvalue weighted by Crippen LogP contribution is 2.33. The van der Waals surface area contributed by atoms with Crippen LogP contribution in [-0.2, 0) is 20.7 Å². The Balaban J connectivity index is 0.00000364. The van der Waals surface area contributed by atoms with Gasteiger partial charge in [-0.15, -0.1) is 0 Å². The number of hydrogen-bond acceptors (Lipinski definition) is 8. The Kier molecular flexibility index (Phi) is 6.41. The molecular weight excluding hydrogens is 379 g/mol. The number of carboxylic acid groups (broad SMARTS) is 1. The van der Waals surface area contributed by atoms with Crippen LogP contribution in [0.25, 0.3) is 11.0 Å². The molecule has 0 aliphatic carbocycles. The van der Waals surface area contributed by atoms with E-state index in [-0.39, 0.29) is 28.4 Å². The number of benzene rings is 1. The quantitative estimate of drug-likeness (QED) is 0.508. The standard InChI is InChI=1S/C15H11F3O8.H3N/c1-24-7-4-8(19)12-6(3-11(20)25-9(12)5-7)2-10(13(21)22)26-14(23)15(16,17)18;/h3-5,10,19H,2H2,1H3,(H,21,22);1H3/t10-;/m0./s1. The predicted molar refractivity (Wildman–Crippen MR) is 83.0 cm³/mol. The predicted octanol–water partition coefficient (Wildman–Crippen LogP) is 1.77. The minimum absolute atomic E-state index is 0. The fourth-order valence-electron chi connectivity index (χ4n) is 2.19. The van der Waals surface area contributed by atoms with Gasteiger partial charge in [0.25, 0.3) is 0 Å². The molecule has 0 radical (unpaired) electrons. The third-order valence-electron chi connectivity index (χ3n) is 3.28. The first-order valence-corrected chi connectivity index (χ1v) is 6.87. The maximum absolute atomic E-state index is 12.3. The van der Waals surface area contributed by atoms with E-state index in [2.05, 4.69) is 4.74 Å². The second-order valence-electron chi connectivity index (χ2n) is 5.04. The van der Waals surface area contributed by atoms with E-state index in [1.165, 1.54) is 13.2 Å². The summed E-state index contributed by atoms with van der Waals surface area (Å²) in [6.07, 6.45) is -8.43. The van der Waals surface area contributed by atoms with Crippen molar-refractivity contribution < 1.29 is 46.9 Å². The van der Waals surface area contributed by atoms with Gasteiger partial charge in [0.15, 0.2) is 0 Å². The van der Waals surface area contributed by atoms with E-state index in [1.807, 2.05) is 0 Å². The number of aliphatic carboxylic acids is 1. The highest BCUT2D eigenvalue weighted by Gasteiger charge is 2.43. The summed E-state index contributed by atoms with van der Waals surface area (Å²) in [7, 11) is 1.28. The zero-order valence-corrected chi connectivity index (χ0v) is 13.7. The molecule has 1 aromatic heterocycles. The third-order valence-corrected chi connectivity index (χ3v) is 3.28. The minimum atomic E-state index is -5.39. The van der Waals surface area contributed by atoms with Gasteiger partial charge in [-0.2, -0.15) is 13.2 Å². The van der Waals surface area contributed by atoms with E-state index in [0.29, 0.717) is 0 Å². The summed E-state index contributed by atoms with van der Waals surface area (Å²) < 4.78 is 50.6. The first kappa shape index (κ1) is 21.8. The summed E-state index contributed by atoms with van der Waals surface area (Å²) in [5.41, 5.74) is -1.32. The Morgan fingerprint density at radius 2 is 1.89 bits per heavy atom. The SMILES string of the molecule is COc1cc(O)c2c(C[C@H](OC(=O)C(F)(F)F)C(=O)O)cc(=O)oc2c1.N. The van der Waals surface area contributed by atoms with Crippen LogP contribution < -0.4 is 16.5 Å². The van der Waals surface area contributed by atoms with E-state index in [0.717, 1.165) is 12.1 Å². The smallest absolute Gasteiger partial charge is 0.490 e. The first-order valence-electron chi connectivity index (χ1n) is 6.87. The first-order chi connectivity index (χ1) is 12.0. The van der Waals surface area contributed by atoms with Crippen molar-refractivity contribution in [1.29, 1.82) is 0 Å². The molecule has 1 aromatic carbocycles. The van der Waals surface area contributed by atoms with Crippen LogP contribution in [0.4, 0.5) is 13.2 Å². The Labute approximate surface area is 148 Å². The van der Waals surface area contributed by atoms with E-state index in [4.69, 9.17) is 14.3 Å². The van der Waals surface area contributed by atoms with Gasteiger partial charge in [0.05, 0.1) is 12.5 Å². The second-order valence-corrected chi connectivity index (χ2v) is 5.04. The fraction of sp³-hybridized carbons (Fsp3) is 0.267. The third kappa shape index (κ3) is 4.88. The zero-order chi connectivity index (χ0) is 19.6. The number of phenolic OH excluding ortho intramolecular Hbond substituents is 1. The van der Waals surface area contributed by atoms with Crippen LogP contribution in [0.1, 0.15) is 5.56 Å². The molecule has 0 aliphatic rings. The van der Waals surface area contributed by atoms with Crippen LogP contribution in [0.15, 0.2) is 27.4 Å². The van der Waals surface area contributed by atoms with Crippen LogP contribution in [0.2, 0.25) is 0 Å². The van der Waals surface area contributed by atoms with Gasteiger partial charge in [0, 0.05) is 24.6 Å². The Morgan fingerprint density at radius 3 is 2.41 bits per heavy atom. The van der Waals surface area contributed by atoms with Crippen molar-refractivity contribution in [2.45, 2.75) is 18.7 Å². The van der Waals surface area contributed by atoms with Crippen LogP contribution in [0.3, 0.4) is 0 Å². The maximum atomic E-state index is 12.3. The molecule has 0 bridgehead atoms. The van der Waals surface area contributed by atoms with E-state index in [9.17, 15) is 32.7 Å². The highest BCUT2D eigenvalue weighted by molar-refractivity contribution is 5.89. The molecule has 2 rings (SSSR count). The molecule has 148 valence electrons. The number of rotatable bonds is 5. The van der Waals surface area contributed by atoms with E-state index in [1.54, 1.807) is 0 Å². The van der Waals surface area contributed by atoms with Crippen LogP contribution >= 0.6 is 0 Å². The van der Waals surface area contributed by atoms with Crippen molar-refractivity contribution in [3.63, 3.8) is 0 Å². The van der Waals surface area contributed by atoms with Crippen molar-refractivity contribution in [2.24, 2.45) is 0 Å². The van der Waals surface area contributed by atoms with Crippen molar-refractivity contribution in [3.8, 4) is 11.5 Å². The molecule has 0 spiro atoms. The monoisotopic (exact) mass is 393 g/mol. The summed E-state index contributed by atoms with van der Waals surface area (Å²) in [6.45, 7) is 0. The number of methoxy groups -OCH3 is 1. The Morgan fingerprint density at radius 1 is 1.26 bits per heavy atom. The van der Waals surface area contributed by atoms with Crippen molar-refractivity contribution >= 4 is 22.9 Å². The topological polar surface area (TPSA) is 158 Å². The molecule has 0 fully saturated rings. The number of alkyl halides is 3. The van der Waals surface area contributed by atoms with E-state index < -0.39 is 42.0 Å². The maximum Gasteiger partial charge on any atom is 0.490 e. The number of aromatic hydroxyl groups is 1. The number of hydrogen-bond donors (Lipinski definition) is 3.